The van der Waals surface area contributed by atoms with Gasteiger partial charge < -0.3 is 10.2 Å². The van der Waals surface area contributed by atoms with Gasteiger partial charge in [-0.05, 0) is 38.5 Å². The average molecular weight is 302 g/mol. The summed E-state index contributed by atoms with van der Waals surface area (Å²) < 4.78 is 0. The van der Waals surface area contributed by atoms with Crippen LogP contribution in [0.15, 0.2) is 12.4 Å². The lowest BCUT2D eigenvalue weighted by atomic mass is 9.99. The third-order valence-corrected chi connectivity index (χ3v) is 4.95. The molecule has 0 bridgehead atoms. The van der Waals surface area contributed by atoms with Crippen LogP contribution in [0.1, 0.15) is 68.6 Å². The second-order valence-corrected chi connectivity index (χ2v) is 6.48. The first-order chi connectivity index (χ1) is 10.8. The van der Waals surface area contributed by atoms with Crippen molar-refractivity contribution in [1.82, 2.24) is 14.9 Å². The first kappa shape index (κ1) is 15.3. The molecule has 5 heteroatoms. The van der Waals surface area contributed by atoms with Crippen molar-refractivity contribution in [2.24, 2.45) is 0 Å². The van der Waals surface area contributed by atoms with Crippen LogP contribution < -0.4 is 5.32 Å². The van der Waals surface area contributed by atoms with Gasteiger partial charge in [0.05, 0.1) is 5.56 Å². The summed E-state index contributed by atoms with van der Waals surface area (Å²) in [5, 5.41) is 3.36. The van der Waals surface area contributed by atoms with Crippen LogP contribution >= 0.6 is 0 Å². The van der Waals surface area contributed by atoms with E-state index in [-0.39, 0.29) is 5.91 Å². The van der Waals surface area contributed by atoms with E-state index in [2.05, 4.69) is 22.2 Å². The Hall–Kier alpha value is -1.65. The highest BCUT2D eigenvalue weighted by Crippen LogP contribution is 2.22. The fraction of sp³-hybridized carbons (Fsp3) is 0.706. The molecule has 1 unspecified atom stereocenters. The molecule has 1 aromatic rings. The zero-order valence-corrected chi connectivity index (χ0v) is 13.4. The summed E-state index contributed by atoms with van der Waals surface area (Å²) in [7, 11) is 0. The lowest BCUT2D eigenvalue weighted by molar-refractivity contribution is 0.0607. The molecule has 3 rings (SSSR count). The summed E-state index contributed by atoms with van der Waals surface area (Å²) in [6.45, 7) is 3.01. The number of nitrogens with one attached hydrogen (secondary N) is 1. The van der Waals surface area contributed by atoms with Gasteiger partial charge in [-0.2, -0.15) is 0 Å². The Bertz CT molecular complexity index is 496. The number of hydrogen-bond donors (Lipinski definition) is 1. The zero-order valence-electron chi connectivity index (χ0n) is 13.4. The lowest BCUT2D eigenvalue weighted by Crippen LogP contribution is -2.43. The molecule has 0 radical (unpaired) electrons. The first-order valence-corrected chi connectivity index (χ1v) is 8.67. The van der Waals surface area contributed by atoms with Gasteiger partial charge in [-0.25, -0.2) is 9.97 Å². The Kier molecular flexibility index (Phi) is 4.90. The fourth-order valence-corrected chi connectivity index (χ4v) is 3.62. The predicted molar refractivity (Wildman–Crippen MR) is 86.9 cm³/mol. The number of hydrogen-bond acceptors (Lipinski definition) is 4. The van der Waals surface area contributed by atoms with Crippen LogP contribution in [0.4, 0.5) is 5.95 Å². The molecule has 1 saturated heterocycles. The van der Waals surface area contributed by atoms with Gasteiger partial charge in [-0.1, -0.05) is 19.8 Å². The van der Waals surface area contributed by atoms with E-state index < -0.39 is 0 Å². The SMILES string of the molecule is CCC1CCCCN1C(=O)c1cnc(NC2CCCC2)nc1. The van der Waals surface area contributed by atoms with Crippen molar-refractivity contribution in [3.63, 3.8) is 0 Å². The lowest BCUT2D eigenvalue weighted by Gasteiger charge is -2.35. The minimum atomic E-state index is 0.0824. The molecule has 2 aliphatic rings. The number of amides is 1. The van der Waals surface area contributed by atoms with Gasteiger partial charge in [0.2, 0.25) is 5.95 Å². The molecule has 120 valence electrons. The Labute approximate surface area is 132 Å². The Morgan fingerprint density at radius 3 is 2.55 bits per heavy atom. The van der Waals surface area contributed by atoms with Crippen LogP contribution in [0, 0.1) is 0 Å². The monoisotopic (exact) mass is 302 g/mol. The van der Waals surface area contributed by atoms with Crippen molar-refractivity contribution in [3.8, 4) is 0 Å². The summed E-state index contributed by atoms with van der Waals surface area (Å²) in [6.07, 6.45) is 12.8. The van der Waals surface area contributed by atoms with Crippen LogP contribution in [-0.4, -0.2) is 39.4 Å². The van der Waals surface area contributed by atoms with Gasteiger partial charge in [0.25, 0.3) is 5.91 Å². The second-order valence-electron chi connectivity index (χ2n) is 6.48. The van der Waals surface area contributed by atoms with Crippen LogP contribution in [0.25, 0.3) is 0 Å². The predicted octanol–water partition coefficient (Wildman–Crippen LogP) is 3.24. The topological polar surface area (TPSA) is 58.1 Å². The van der Waals surface area contributed by atoms with E-state index in [1.807, 2.05) is 4.90 Å². The summed E-state index contributed by atoms with van der Waals surface area (Å²) in [5.74, 6) is 0.730. The van der Waals surface area contributed by atoms with E-state index in [0.717, 1.165) is 25.8 Å². The van der Waals surface area contributed by atoms with E-state index in [4.69, 9.17) is 0 Å². The van der Waals surface area contributed by atoms with Gasteiger partial charge >= 0.3 is 0 Å². The fourth-order valence-electron chi connectivity index (χ4n) is 3.62. The van der Waals surface area contributed by atoms with Crippen molar-refractivity contribution in [2.45, 2.75) is 70.4 Å². The molecule has 5 nitrogen and oxygen atoms in total. The largest absolute Gasteiger partial charge is 0.351 e. The number of nitrogens with zero attached hydrogens (tertiary/aromatic N) is 3. The molecular formula is C17H26N4O. The van der Waals surface area contributed by atoms with Gasteiger partial charge in [-0.15, -0.1) is 0 Å². The number of likely N-dealkylation sites (tertiary alicyclic amines) is 1. The third kappa shape index (κ3) is 3.39. The van der Waals surface area contributed by atoms with Gasteiger partial charge in [0.1, 0.15) is 0 Å². The average Bonchev–Trinajstić information content (AvgIpc) is 3.08. The van der Waals surface area contributed by atoms with Crippen molar-refractivity contribution in [2.75, 3.05) is 11.9 Å². The minimum absolute atomic E-state index is 0.0824. The van der Waals surface area contributed by atoms with E-state index in [0.29, 0.717) is 23.6 Å². The summed E-state index contributed by atoms with van der Waals surface area (Å²) >= 11 is 0. The van der Waals surface area contributed by atoms with E-state index in [1.54, 1.807) is 12.4 Å². The molecule has 2 fully saturated rings. The van der Waals surface area contributed by atoms with Crippen LogP contribution in [-0.2, 0) is 0 Å². The van der Waals surface area contributed by atoms with E-state index in [1.165, 1.54) is 32.1 Å². The molecule has 1 aromatic heterocycles. The summed E-state index contributed by atoms with van der Waals surface area (Å²) in [5.41, 5.74) is 0.609. The number of aromatic nitrogens is 2. The normalized spacial score (nSPS) is 22.8. The zero-order chi connectivity index (χ0) is 15.4. The van der Waals surface area contributed by atoms with Crippen LogP contribution in [0.5, 0.6) is 0 Å². The Balaban J connectivity index is 1.64. The molecule has 0 spiro atoms. The Morgan fingerprint density at radius 1 is 1.18 bits per heavy atom. The van der Waals surface area contributed by atoms with E-state index in [9.17, 15) is 4.79 Å². The summed E-state index contributed by atoms with van der Waals surface area (Å²) in [4.78, 5) is 23.3. The molecule has 1 atom stereocenters. The van der Waals surface area contributed by atoms with Crippen molar-refractivity contribution in [3.05, 3.63) is 18.0 Å². The molecule has 1 aliphatic carbocycles. The Morgan fingerprint density at radius 2 is 1.86 bits per heavy atom. The van der Waals surface area contributed by atoms with Crippen LogP contribution in [0.3, 0.4) is 0 Å². The van der Waals surface area contributed by atoms with Crippen molar-refractivity contribution < 1.29 is 4.79 Å². The summed E-state index contributed by atoms with van der Waals surface area (Å²) in [6, 6.07) is 0.866. The van der Waals surface area contributed by atoms with Crippen molar-refractivity contribution in [1.29, 1.82) is 0 Å². The quantitative estimate of drug-likeness (QED) is 0.927. The second kappa shape index (κ2) is 7.07. The molecule has 1 amide bonds. The number of piperidine rings is 1. The van der Waals surface area contributed by atoms with Gasteiger partial charge in [-0.3, -0.25) is 4.79 Å². The molecule has 0 aromatic carbocycles. The smallest absolute Gasteiger partial charge is 0.257 e. The molecule has 1 saturated carbocycles. The van der Waals surface area contributed by atoms with Gasteiger partial charge in [0.15, 0.2) is 0 Å². The number of carbonyl (C=O) groups is 1. The van der Waals surface area contributed by atoms with Gasteiger partial charge in [0, 0.05) is 31.0 Å². The molecule has 1 aliphatic heterocycles. The number of anilines is 1. The number of carbonyl (C=O) groups excluding carboxylic acids is 1. The standard InChI is InChI=1S/C17H26N4O/c1-2-15-9-5-6-10-21(15)16(22)13-11-18-17(19-12-13)20-14-7-3-4-8-14/h11-12,14-15H,2-10H2,1H3,(H,18,19,20). The minimum Gasteiger partial charge on any atom is -0.351 e. The molecular weight excluding hydrogens is 276 g/mol. The first-order valence-electron chi connectivity index (χ1n) is 8.67. The number of rotatable bonds is 4. The maximum Gasteiger partial charge on any atom is 0.257 e. The molecule has 1 N–H and O–H groups in total. The maximum atomic E-state index is 12.7. The van der Waals surface area contributed by atoms with Crippen LogP contribution in [0.2, 0.25) is 0 Å². The maximum absolute atomic E-state index is 12.7. The molecule has 2 heterocycles. The third-order valence-electron chi connectivity index (χ3n) is 4.95. The highest BCUT2D eigenvalue weighted by Gasteiger charge is 2.26. The van der Waals surface area contributed by atoms with E-state index >= 15 is 0 Å². The highest BCUT2D eigenvalue weighted by molar-refractivity contribution is 5.94. The highest BCUT2D eigenvalue weighted by atomic mass is 16.2. The van der Waals surface area contributed by atoms with Crippen molar-refractivity contribution >= 4 is 11.9 Å². The molecule has 22 heavy (non-hydrogen) atoms.